The predicted molar refractivity (Wildman–Crippen MR) is 120 cm³/mol. The van der Waals surface area contributed by atoms with Crippen LogP contribution in [0.5, 0.6) is 0 Å². The number of halogens is 1. The number of benzene rings is 2. The van der Waals surface area contributed by atoms with Gasteiger partial charge in [-0.2, -0.15) is 0 Å². The minimum absolute atomic E-state index is 0.0133. The molecule has 0 spiro atoms. The summed E-state index contributed by atoms with van der Waals surface area (Å²) in [6, 6.07) is 13.2. The van der Waals surface area contributed by atoms with E-state index in [1.165, 1.54) is 0 Å². The van der Waals surface area contributed by atoms with Gasteiger partial charge in [-0.15, -0.1) is 0 Å². The molecule has 0 aliphatic rings. The van der Waals surface area contributed by atoms with E-state index in [1.54, 1.807) is 0 Å². The van der Waals surface area contributed by atoms with Gasteiger partial charge in [0.05, 0.1) is 19.9 Å². The number of aliphatic hydroxyl groups is 2. The predicted octanol–water partition coefficient (Wildman–Crippen LogP) is 4.73. The Bertz CT molecular complexity index is 1040. The smallest absolute Gasteiger partial charge is 0.142 e. The molecule has 2 atom stereocenters. The van der Waals surface area contributed by atoms with Gasteiger partial charge in [0, 0.05) is 44.6 Å². The lowest BCUT2D eigenvalue weighted by Crippen LogP contribution is -2.27. The lowest BCUT2D eigenvalue weighted by molar-refractivity contribution is 0.282. The van der Waals surface area contributed by atoms with Crippen LogP contribution in [0, 0.1) is 0 Å². The molecule has 4 nitrogen and oxygen atoms in total. The second kappa shape index (κ2) is 9.41. The Hall–Kier alpha value is -2.02. The third-order valence-electron chi connectivity index (χ3n) is 5.16. The second-order valence-corrected chi connectivity index (χ2v) is 10.8. The molecule has 30 heavy (non-hydrogen) atoms. The Morgan fingerprint density at radius 2 is 1.90 bits per heavy atom. The number of hydrogen-bond donors (Lipinski definition) is 2. The van der Waals surface area contributed by atoms with Crippen LogP contribution in [-0.2, 0) is 23.8 Å². The van der Waals surface area contributed by atoms with Crippen molar-refractivity contribution in [3.63, 3.8) is 0 Å². The van der Waals surface area contributed by atoms with E-state index in [9.17, 15) is 18.8 Å². The summed E-state index contributed by atoms with van der Waals surface area (Å²) in [5.74, 6) is 0.474. The van der Waals surface area contributed by atoms with Gasteiger partial charge in [-0.3, -0.25) is 8.60 Å². The molecular weight excluding hydrogens is 403 g/mol. The summed E-state index contributed by atoms with van der Waals surface area (Å²) in [5.41, 5.74) is 3.85. The molecule has 1 aromatic heterocycles. The largest absolute Gasteiger partial charge is 0.460 e. The molecule has 0 aliphatic heterocycles. The Morgan fingerprint density at radius 3 is 2.53 bits per heavy atom. The van der Waals surface area contributed by atoms with Gasteiger partial charge in [0.2, 0.25) is 0 Å². The number of alkyl halides is 1. The molecular formula is C24H29FO4S. The maximum absolute atomic E-state index is 13.9. The van der Waals surface area contributed by atoms with Crippen LogP contribution in [0.2, 0.25) is 0 Å². The zero-order valence-corrected chi connectivity index (χ0v) is 18.5. The highest BCUT2D eigenvalue weighted by atomic mass is 32.2. The fourth-order valence-electron chi connectivity index (χ4n) is 3.43. The van der Waals surface area contributed by atoms with E-state index in [-0.39, 0.29) is 19.0 Å². The fourth-order valence-corrected chi connectivity index (χ4v) is 4.58. The average Bonchev–Trinajstić information content (AvgIpc) is 3.13. The van der Waals surface area contributed by atoms with Gasteiger partial charge in [-0.05, 0) is 55.7 Å². The minimum Gasteiger partial charge on any atom is -0.460 e. The summed E-state index contributed by atoms with van der Waals surface area (Å²) in [6.45, 7) is 4.98. The first-order chi connectivity index (χ1) is 14.3. The summed E-state index contributed by atoms with van der Waals surface area (Å²) >= 11 is 0. The molecule has 1 unspecified atom stereocenters. The number of aliphatic hydroxyl groups excluding tert-OH is 2. The maximum Gasteiger partial charge on any atom is 0.142 e. The summed E-state index contributed by atoms with van der Waals surface area (Å²) < 4.78 is 32.0. The average molecular weight is 433 g/mol. The molecule has 6 heteroatoms. The summed E-state index contributed by atoms with van der Waals surface area (Å²) in [6.07, 6.45) is 0.408. The fraction of sp³-hybridized carbons (Fsp3) is 0.417. The number of rotatable bonds is 8. The van der Waals surface area contributed by atoms with Crippen molar-refractivity contribution in [3.05, 3.63) is 59.4 Å². The van der Waals surface area contributed by atoms with Crippen LogP contribution in [0.3, 0.4) is 0 Å². The minimum atomic E-state index is -1.16. The monoisotopic (exact) mass is 432 g/mol. The number of furan rings is 1. The van der Waals surface area contributed by atoms with Crippen LogP contribution in [0.4, 0.5) is 4.39 Å². The van der Waals surface area contributed by atoms with Crippen LogP contribution in [-0.4, -0.2) is 38.2 Å². The van der Waals surface area contributed by atoms with E-state index < -0.39 is 28.1 Å². The van der Waals surface area contributed by atoms with Gasteiger partial charge < -0.3 is 14.6 Å². The SMILES string of the molecule is CC(C)(C)[S@](=O)CC(CF)c1cccc(-c2cc(CO)cc3cc(CCO)oc23)c1. The molecule has 0 aliphatic carbocycles. The summed E-state index contributed by atoms with van der Waals surface area (Å²) in [7, 11) is -1.16. The van der Waals surface area contributed by atoms with Gasteiger partial charge >= 0.3 is 0 Å². The van der Waals surface area contributed by atoms with Crippen molar-refractivity contribution in [3.8, 4) is 11.1 Å². The van der Waals surface area contributed by atoms with Crippen molar-refractivity contribution >= 4 is 21.8 Å². The standard InChI is InChI=1S/C24H29FO4S/c1-24(2,3)30(28)15-20(13-25)17-5-4-6-18(11-17)22-10-16(14-27)9-19-12-21(7-8-26)29-23(19)22/h4-6,9-12,20,26-27H,7-8,13-15H2,1-3H3/t20?,30-/m1/s1. The normalized spacial score (nSPS) is 14.2. The van der Waals surface area contributed by atoms with Crippen LogP contribution in [0.15, 0.2) is 46.9 Å². The topological polar surface area (TPSA) is 70.7 Å². The van der Waals surface area contributed by atoms with Gasteiger partial charge in [-0.1, -0.05) is 24.3 Å². The zero-order chi connectivity index (χ0) is 21.9. The van der Waals surface area contributed by atoms with Crippen molar-refractivity contribution in [1.82, 2.24) is 0 Å². The molecule has 0 bridgehead atoms. The van der Waals surface area contributed by atoms with Gasteiger partial charge in [-0.25, -0.2) is 0 Å². The third-order valence-corrected chi connectivity index (χ3v) is 7.23. The second-order valence-electron chi connectivity index (χ2n) is 8.51. The first kappa shape index (κ1) is 22.7. The van der Waals surface area contributed by atoms with E-state index in [0.29, 0.717) is 17.8 Å². The molecule has 2 N–H and O–H groups in total. The van der Waals surface area contributed by atoms with Crippen molar-refractivity contribution in [2.75, 3.05) is 19.0 Å². The molecule has 0 saturated heterocycles. The van der Waals surface area contributed by atoms with Crippen molar-refractivity contribution in [2.24, 2.45) is 0 Å². The highest BCUT2D eigenvalue weighted by molar-refractivity contribution is 7.86. The number of hydrogen-bond acceptors (Lipinski definition) is 4. The van der Waals surface area contributed by atoms with Crippen molar-refractivity contribution in [2.45, 2.75) is 44.5 Å². The van der Waals surface area contributed by atoms with Gasteiger partial charge in [0.25, 0.3) is 0 Å². The van der Waals surface area contributed by atoms with Crippen molar-refractivity contribution < 1.29 is 23.2 Å². The molecule has 3 rings (SSSR count). The molecule has 1 heterocycles. The Kier molecular flexibility index (Phi) is 7.11. The first-order valence-electron chi connectivity index (χ1n) is 10.1. The Morgan fingerprint density at radius 1 is 1.13 bits per heavy atom. The Labute approximate surface area is 179 Å². The van der Waals surface area contributed by atoms with Crippen LogP contribution in [0.25, 0.3) is 22.1 Å². The van der Waals surface area contributed by atoms with Crippen LogP contribution < -0.4 is 0 Å². The molecule has 0 saturated carbocycles. The van der Waals surface area contributed by atoms with Crippen LogP contribution in [0.1, 0.15) is 43.6 Å². The molecule has 0 fully saturated rings. The summed E-state index contributed by atoms with van der Waals surface area (Å²) in [4.78, 5) is 0. The van der Waals surface area contributed by atoms with Gasteiger partial charge in [0.15, 0.2) is 0 Å². The molecule has 0 amide bonds. The van der Waals surface area contributed by atoms with E-state index in [0.717, 1.165) is 27.6 Å². The van der Waals surface area contributed by atoms with E-state index in [1.807, 2.05) is 63.2 Å². The molecule has 162 valence electrons. The van der Waals surface area contributed by atoms with E-state index in [4.69, 9.17) is 4.42 Å². The maximum atomic E-state index is 13.9. The zero-order valence-electron chi connectivity index (χ0n) is 17.7. The Balaban J connectivity index is 2.04. The molecule has 2 aromatic carbocycles. The first-order valence-corrected chi connectivity index (χ1v) is 11.4. The van der Waals surface area contributed by atoms with E-state index in [2.05, 4.69) is 0 Å². The van der Waals surface area contributed by atoms with Gasteiger partial charge in [0.1, 0.15) is 11.3 Å². The number of fused-ring (bicyclic) bond motifs is 1. The lowest BCUT2D eigenvalue weighted by Gasteiger charge is -2.22. The molecule has 3 aromatic rings. The van der Waals surface area contributed by atoms with Crippen LogP contribution >= 0.6 is 0 Å². The quantitative estimate of drug-likeness (QED) is 0.540. The van der Waals surface area contributed by atoms with Crippen molar-refractivity contribution in [1.29, 1.82) is 0 Å². The third kappa shape index (κ3) is 4.99. The lowest BCUT2D eigenvalue weighted by atomic mass is 9.95. The highest BCUT2D eigenvalue weighted by Gasteiger charge is 2.24. The van der Waals surface area contributed by atoms with E-state index >= 15 is 0 Å². The summed E-state index contributed by atoms with van der Waals surface area (Å²) in [5, 5.41) is 19.8. The molecule has 0 radical (unpaired) electrons. The highest BCUT2D eigenvalue weighted by Crippen LogP contribution is 2.34.